The van der Waals surface area contributed by atoms with Gasteiger partial charge in [0.25, 0.3) is 0 Å². The Bertz CT molecular complexity index is 398. The van der Waals surface area contributed by atoms with E-state index in [1.807, 2.05) is 31.3 Å². The van der Waals surface area contributed by atoms with Crippen molar-refractivity contribution < 1.29 is 9.53 Å². The SMILES string of the molecule is CCOC(=O)C#Cc1ccc(CNC)cc1. The Balaban J connectivity index is 2.64. The summed E-state index contributed by atoms with van der Waals surface area (Å²) in [6.07, 6.45) is 0. The Kier molecular flexibility index (Phi) is 5.10. The van der Waals surface area contributed by atoms with Crippen molar-refractivity contribution in [3.8, 4) is 11.8 Å². The Morgan fingerprint density at radius 2 is 2.06 bits per heavy atom. The van der Waals surface area contributed by atoms with E-state index < -0.39 is 5.97 Å². The second-order valence-electron chi connectivity index (χ2n) is 3.20. The van der Waals surface area contributed by atoms with Crippen molar-refractivity contribution >= 4 is 5.97 Å². The number of benzene rings is 1. The number of rotatable bonds is 3. The van der Waals surface area contributed by atoms with E-state index in [9.17, 15) is 4.79 Å². The number of hydrogen-bond acceptors (Lipinski definition) is 3. The molecule has 0 fully saturated rings. The molecule has 1 aromatic carbocycles. The molecule has 0 unspecified atom stereocenters. The summed E-state index contributed by atoms with van der Waals surface area (Å²) in [5, 5.41) is 3.06. The van der Waals surface area contributed by atoms with Crippen LogP contribution in [0.2, 0.25) is 0 Å². The molecule has 1 rings (SSSR count). The lowest BCUT2D eigenvalue weighted by atomic mass is 10.1. The fraction of sp³-hybridized carbons (Fsp3) is 0.308. The van der Waals surface area contributed by atoms with Crippen LogP contribution in [0.4, 0.5) is 0 Å². The zero-order valence-electron chi connectivity index (χ0n) is 9.54. The quantitative estimate of drug-likeness (QED) is 0.613. The van der Waals surface area contributed by atoms with Crippen LogP contribution < -0.4 is 5.32 Å². The molecule has 84 valence electrons. The van der Waals surface area contributed by atoms with Gasteiger partial charge < -0.3 is 10.1 Å². The summed E-state index contributed by atoms with van der Waals surface area (Å²) in [6, 6.07) is 7.73. The molecule has 16 heavy (non-hydrogen) atoms. The molecule has 0 spiro atoms. The smallest absolute Gasteiger partial charge is 0.384 e. The number of carbonyl (C=O) groups excluding carboxylic acids is 1. The average molecular weight is 217 g/mol. The molecule has 0 saturated carbocycles. The summed E-state index contributed by atoms with van der Waals surface area (Å²) in [5.74, 6) is 4.69. The summed E-state index contributed by atoms with van der Waals surface area (Å²) >= 11 is 0. The number of esters is 1. The molecule has 0 bridgehead atoms. The molecule has 0 heterocycles. The fourth-order valence-corrected chi connectivity index (χ4v) is 1.20. The monoisotopic (exact) mass is 217 g/mol. The predicted octanol–water partition coefficient (Wildman–Crippen LogP) is 1.32. The maximum Gasteiger partial charge on any atom is 0.384 e. The van der Waals surface area contributed by atoms with Gasteiger partial charge >= 0.3 is 5.97 Å². The Labute approximate surface area is 95.8 Å². The van der Waals surface area contributed by atoms with Crippen LogP contribution in [0.3, 0.4) is 0 Å². The highest BCUT2D eigenvalue weighted by molar-refractivity contribution is 5.89. The molecule has 3 heteroatoms. The van der Waals surface area contributed by atoms with Crippen LogP contribution in [0.5, 0.6) is 0 Å². The number of carbonyl (C=O) groups is 1. The van der Waals surface area contributed by atoms with Gasteiger partial charge in [-0.25, -0.2) is 4.79 Å². The second kappa shape index (κ2) is 6.65. The molecule has 0 aliphatic carbocycles. The van der Waals surface area contributed by atoms with E-state index in [4.69, 9.17) is 4.74 Å². The van der Waals surface area contributed by atoms with Gasteiger partial charge in [-0.3, -0.25) is 0 Å². The Morgan fingerprint density at radius 1 is 1.38 bits per heavy atom. The van der Waals surface area contributed by atoms with Crippen molar-refractivity contribution in [2.75, 3.05) is 13.7 Å². The van der Waals surface area contributed by atoms with E-state index in [0.29, 0.717) is 6.61 Å². The lowest BCUT2D eigenvalue weighted by Gasteiger charge is -1.98. The summed E-state index contributed by atoms with van der Waals surface area (Å²) in [5.41, 5.74) is 2.00. The average Bonchev–Trinajstić information content (AvgIpc) is 2.29. The van der Waals surface area contributed by atoms with Crippen molar-refractivity contribution in [1.29, 1.82) is 0 Å². The lowest BCUT2D eigenvalue weighted by molar-refractivity contribution is -0.136. The normalized spacial score (nSPS) is 9.12. The molecule has 1 aromatic rings. The largest absolute Gasteiger partial charge is 0.456 e. The maximum absolute atomic E-state index is 11.0. The van der Waals surface area contributed by atoms with Crippen molar-refractivity contribution in [3.05, 3.63) is 35.4 Å². The third-order valence-electron chi connectivity index (χ3n) is 1.92. The van der Waals surface area contributed by atoms with E-state index in [2.05, 4.69) is 17.2 Å². The van der Waals surface area contributed by atoms with Crippen LogP contribution in [-0.4, -0.2) is 19.6 Å². The van der Waals surface area contributed by atoms with Crippen LogP contribution in [0.1, 0.15) is 18.1 Å². The Morgan fingerprint density at radius 3 is 2.62 bits per heavy atom. The van der Waals surface area contributed by atoms with Crippen LogP contribution in [0, 0.1) is 11.8 Å². The first-order valence-corrected chi connectivity index (χ1v) is 5.18. The maximum atomic E-state index is 11.0. The first kappa shape index (κ1) is 12.3. The highest BCUT2D eigenvalue weighted by Gasteiger charge is 1.94. The fourth-order valence-electron chi connectivity index (χ4n) is 1.20. The van der Waals surface area contributed by atoms with Gasteiger partial charge in [0.15, 0.2) is 0 Å². The molecule has 3 nitrogen and oxygen atoms in total. The summed E-state index contributed by atoms with van der Waals surface area (Å²) in [6.45, 7) is 2.94. The van der Waals surface area contributed by atoms with Gasteiger partial charge in [0, 0.05) is 18.0 Å². The van der Waals surface area contributed by atoms with Gasteiger partial charge in [-0.05, 0) is 31.7 Å². The first-order valence-electron chi connectivity index (χ1n) is 5.18. The van der Waals surface area contributed by atoms with E-state index in [1.54, 1.807) is 6.92 Å². The second-order valence-corrected chi connectivity index (χ2v) is 3.20. The summed E-state index contributed by atoms with van der Waals surface area (Å²) in [7, 11) is 1.90. The third kappa shape index (κ3) is 4.16. The highest BCUT2D eigenvalue weighted by Crippen LogP contribution is 2.02. The van der Waals surface area contributed by atoms with Gasteiger partial charge in [0.05, 0.1) is 6.61 Å². The number of nitrogens with one attached hydrogen (secondary N) is 1. The van der Waals surface area contributed by atoms with Crippen LogP contribution in [-0.2, 0) is 16.1 Å². The molecule has 1 N–H and O–H groups in total. The molecule has 0 atom stereocenters. The van der Waals surface area contributed by atoms with Gasteiger partial charge in [0.2, 0.25) is 0 Å². The Hall–Kier alpha value is -1.79. The standard InChI is InChI=1S/C13H15NO2/c1-3-16-13(15)9-8-11-4-6-12(7-5-11)10-14-2/h4-7,14H,3,10H2,1-2H3. The molecular formula is C13H15NO2. The summed E-state index contributed by atoms with van der Waals surface area (Å²) < 4.78 is 4.70. The van der Waals surface area contributed by atoms with Gasteiger partial charge in [-0.15, -0.1) is 0 Å². The van der Waals surface area contributed by atoms with Crippen molar-refractivity contribution in [3.63, 3.8) is 0 Å². The van der Waals surface area contributed by atoms with Gasteiger partial charge in [-0.1, -0.05) is 18.1 Å². The third-order valence-corrected chi connectivity index (χ3v) is 1.92. The van der Waals surface area contributed by atoms with Crippen LogP contribution in [0.25, 0.3) is 0 Å². The van der Waals surface area contributed by atoms with Gasteiger partial charge in [0.1, 0.15) is 0 Å². The minimum Gasteiger partial charge on any atom is -0.456 e. The van der Waals surface area contributed by atoms with Crippen LogP contribution >= 0.6 is 0 Å². The number of hydrogen-bond donors (Lipinski definition) is 1. The predicted molar refractivity (Wildman–Crippen MR) is 62.7 cm³/mol. The zero-order chi connectivity index (χ0) is 11.8. The highest BCUT2D eigenvalue weighted by atomic mass is 16.5. The molecule has 0 aliphatic heterocycles. The topological polar surface area (TPSA) is 38.3 Å². The van der Waals surface area contributed by atoms with Crippen molar-refractivity contribution in [2.45, 2.75) is 13.5 Å². The van der Waals surface area contributed by atoms with Crippen LogP contribution in [0.15, 0.2) is 24.3 Å². The minimum absolute atomic E-state index is 0.356. The number of ether oxygens (including phenoxy) is 1. The van der Waals surface area contributed by atoms with E-state index in [1.165, 1.54) is 5.56 Å². The van der Waals surface area contributed by atoms with E-state index in [-0.39, 0.29) is 0 Å². The van der Waals surface area contributed by atoms with Crippen molar-refractivity contribution in [1.82, 2.24) is 5.32 Å². The molecular weight excluding hydrogens is 202 g/mol. The molecule has 0 aromatic heterocycles. The minimum atomic E-state index is -0.484. The molecule has 0 radical (unpaired) electrons. The van der Waals surface area contributed by atoms with E-state index >= 15 is 0 Å². The zero-order valence-corrected chi connectivity index (χ0v) is 9.54. The molecule has 0 aliphatic rings. The summed E-state index contributed by atoms with van der Waals surface area (Å²) in [4.78, 5) is 11.0. The molecule has 0 saturated heterocycles. The van der Waals surface area contributed by atoms with Crippen molar-refractivity contribution in [2.24, 2.45) is 0 Å². The van der Waals surface area contributed by atoms with E-state index in [0.717, 1.165) is 12.1 Å². The van der Waals surface area contributed by atoms with Gasteiger partial charge in [-0.2, -0.15) is 0 Å². The first-order chi connectivity index (χ1) is 7.76. The molecule has 0 amide bonds. The lowest BCUT2D eigenvalue weighted by Crippen LogP contribution is -2.04.